The van der Waals surface area contributed by atoms with Gasteiger partial charge in [0.25, 0.3) is 0 Å². The molecule has 138 valence electrons. The van der Waals surface area contributed by atoms with Crippen molar-refractivity contribution in [1.82, 2.24) is 5.48 Å². The van der Waals surface area contributed by atoms with E-state index in [1.54, 1.807) is 6.07 Å². The Kier molecular flexibility index (Phi) is 7.02. The molecule has 0 aliphatic rings. The molecule has 2 aromatic carbocycles. The first-order valence-corrected chi connectivity index (χ1v) is 8.40. The summed E-state index contributed by atoms with van der Waals surface area (Å²) in [6, 6.07) is 13.7. The lowest BCUT2D eigenvalue weighted by Crippen LogP contribution is -2.27. The molecule has 1 amide bonds. The van der Waals surface area contributed by atoms with E-state index in [9.17, 15) is 4.79 Å². The third-order valence-corrected chi connectivity index (χ3v) is 3.96. The van der Waals surface area contributed by atoms with Crippen LogP contribution in [0.4, 0.5) is 4.79 Å². The second kappa shape index (κ2) is 9.46. The van der Waals surface area contributed by atoms with Gasteiger partial charge in [-0.25, -0.2) is 4.79 Å². The van der Waals surface area contributed by atoms with Crippen molar-refractivity contribution in [3.63, 3.8) is 0 Å². The summed E-state index contributed by atoms with van der Waals surface area (Å²) >= 11 is 0. The molecule has 6 nitrogen and oxygen atoms in total. The molecule has 0 aliphatic heterocycles. The van der Waals surface area contributed by atoms with Gasteiger partial charge in [0.05, 0.1) is 12.8 Å². The molecule has 0 fully saturated rings. The lowest BCUT2D eigenvalue weighted by atomic mass is 10.1. The van der Waals surface area contributed by atoms with Crippen LogP contribution < -0.4 is 10.3 Å². The van der Waals surface area contributed by atoms with Crippen molar-refractivity contribution >= 4 is 11.8 Å². The fourth-order valence-corrected chi connectivity index (χ4v) is 2.37. The van der Waals surface area contributed by atoms with E-state index in [0.29, 0.717) is 18.1 Å². The molecule has 6 heteroatoms. The number of rotatable bonds is 7. The molecule has 0 spiro atoms. The minimum atomic E-state index is -0.668. The highest BCUT2D eigenvalue weighted by Gasteiger charge is 2.07. The van der Waals surface area contributed by atoms with Crippen LogP contribution in [0, 0.1) is 6.92 Å². The number of nitrogens with zero attached hydrogens (tertiary/aromatic N) is 1. The number of oxime groups is 1. The Hall–Kier alpha value is -3.02. The predicted octanol–water partition coefficient (Wildman–Crippen LogP) is 4.15. The highest BCUT2D eigenvalue weighted by Crippen LogP contribution is 2.20. The van der Waals surface area contributed by atoms with Gasteiger partial charge in [-0.05, 0) is 43.0 Å². The monoisotopic (exact) mass is 356 g/mol. The second-order valence-corrected chi connectivity index (χ2v) is 5.75. The fourth-order valence-electron chi connectivity index (χ4n) is 2.37. The van der Waals surface area contributed by atoms with E-state index in [1.165, 1.54) is 12.7 Å². The maximum absolute atomic E-state index is 11.1. The summed E-state index contributed by atoms with van der Waals surface area (Å²) in [5.74, 6) is 0.513. The van der Waals surface area contributed by atoms with E-state index in [0.717, 1.165) is 23.1 Å². The van der Waals surface area contributed by atoms with Crippen molar-refractivity contribution in [2.75, 3.05) is 7.11 Å². The number of hydrogen-bond acceptors (Lipinski definition) is 5. The number of benzene rings is 2. The summed E-state index contributed by atoms with van der Waals surface area (Å²) in [4.78, 5) is 21.9. The average Bonchev–Trinajstić information content (AvgIpc) is 2.67. The third-order valence-electron chi connectivity index (χ3n) is 3.96. The summed E-state index contributed by atoms with van der Waals surface area (Å²) in [5.41, 5.74) is 6.99. The van der Waals surface area contributed by atoms with Crippen molar-refractivity contribution in [2.24, 2.45) is 5.16 Å². The van der Waals surface area contributed by atoms with Crippen LogP contribution in [0.15, 0.2) is 47.6 Å². The normalized spacial score (nSPS) is 11.0. The average molecular weight is 356 g/mol. The topological polar surface area (TPSA) is 69.2 Å². The molecule has 0 heterocycles. The van der Waals surface area contributed by atoms with E-state index >= 15 is 0 Å². The molecule has 0 unspecified atom stereocenters. The maximum atomic E-state index is 11.1. The number of carbonyl (C=O) groups is 1. The molecule has 0 aliphatic carbocycles. The zero-order valence-electron chi connectivity index (χ0n) is 15.5. The highest BCUT2D eigenvalue weighted by atomic mass is 16.7. The van der Waals surface area contributed by atoms with Crippen LogP contribution in [-0.2, 0) is 22.6 Å². The second-order valence-electron chi connectivity index (χ2n) is 5.75. The van der Waals surface area contributed by atoms with Gasteiger partial charge in [-0.3, -0.25) is 0 Å². The molecule has 2 aromatic rings. The summed E-state index contributed by atoms with van der Waals surface area (Å²) in [5, 5.41) is 4.20. The summed E-state index contributed by atoms with van der Waals surface area (Å²) in [6.07, 6.45) is 0.284. The van der Waals surface area contributed by atoms with Crippen molar-refractivity contribution in [2.45, 2.75) is 33.8 Å². The van der Waals surface area contributed by atoms with E-state index in [1.807, 2.05) is 44.2 Å². The summed E-state index contributed by atoms with van der Waals surface area (Å²) in [7, 11) is 1.27. The molecule has 0 bridgehead atoms. The zero-order chi connectivity index (χ0) is 18.9. The molecule has 0 atom stereocenters. The van der Waals surface area contributed by atoms with Crippen LogP contribution in [0.2, 0.25) is 0 Å². The molecule has 0 saturated carbocycles. The van der Waals surface area contributed by atoms with Crippen molar-refractivity contribution in [3.8, 4) is 5.75 Å². The lowest BCUT2D eigenvalue weighted by Gasteiger charge is -2.10. The summed E-state index contributed by atoms with van der Waals surface area (Å²) < 4.78 is 4.48. The van der Waals surface area contributed by atoms with E-state index in [-0.39, 0.29) is 0 Å². The first-order chi connectivity index (χ1) is 12.5. The summed E-state index contributed by atoms with van der Waals surface area (Å²) in [6.45, 7) is 6.26. The van der Waals surface area contributed by atoms with E-state index in [4.69, 9.17) is 9.68 Å². The smallest absolute Gasteiger partial charge is 0.440 e. The van der Waals surface area contributed by atoms with Crippen LogP contribution in [0.5, 0.6) is 5.75 Å². The molecule has 26 heavy (non-hydrogen) atoms. The molecule has 0 aromatic heterocycles. The van der Waals surface area contributed by atoms with Gasteiger partial charge in [-0.1, -0.05) is 48.5 Å². The number of hydrogen-bond donors (Lipinski definition) is 1. The molecule has 2 rings (SSSR count). The Morgan fingerprint density at radius 2 is 1.88 bits per heavy atom. The number of aryl methyl sites for hydroxylation is 2. The molecular weight excluding hydrogens is 332 g/mol. The van der Waals surface area contributed by atoms with Crippen molar-refractivity contribution in [3.05, 3.63) is 64.7 Å². The van der Waals surface area contributed by atoms with Gasteiger partial charge in [-0.15, -0.1) is 0 Å². The van der Waals surface area contributed by atoms with Crippen LogP contribution in [0.25, 0.3) is 0 Å². The number of carbonyl (C=O) groups excluding carboxylic acids is 1. The van der Waals surface area contributed by atoms with Gasteiger partial charge < -0.3 is 14.4 Å². The molecule has 0 saturated heterocycles. The Labute approximate surface area is 153 Å². The molecule has 1 N–H and O–H groups in total. The lowest BCUT2D eigenvalue weighted by molar-refractivity contribution is 0.118. The van der Waals surface area contributed by atoms with E-state index in [2.05, 4.69) is 28.4 Å². The standard InChI is InChI=1S/C20H24N2O4/c1-5-16-8-6-7-9-18(16)13-25-21-15(3)17-11-10-14(2)19(12-17)26-22-20(23)24-4/h6-12H,5,13H2,1-4H3,(H,22,23)/b21-15+. The maximum Gasteiger partial charge on any atom is 0.440 e. The van der Waals surface area contributed by atoms with Gasteiger partial charge in [0.2, 0.25) is 0 Å². The number of ether oxygens (including phenoxy) is 1. The number of nitrogens with one attached hydrogen (secondary N) is 1. The van der Waals surface area contributed by atoms with Crippen LogP contribution >= 0.6 is 0 Å². The molecular formula is C20H24N2O4. The minimum absolute atomic E-state index is 0.417. The largest absolute Gasteiger partial charge is 0.451 e. The van der Waals surface area contributed by atoms with Crippen LogP contribution in [-0.4, -0.2) is 18.9 Å². The van der Waals surface area contributed by atoms with Gasteiger partial charge in [-0.2, -0.15) is 5.48 Å². The van der Waals surface area contributed by atoms with Crippen molar-refractivity contribution in [1.29, 1.82) is 0 Å². The first kappa shape index (κ1) is 19.3. The number of hydroxylamine groups is 1. The quantitative estimate of drug-likeness (QED) is 0.598. The Bertz CT molecular complexity index is 787. The van der Waals surface area contributed by atoms with Gasteiger partial charge in [0, 0.05) is 5.56 Å². The third kappa shape index (κ3) is 5.24. The molecule has 0 radical (unpaired) electrons. The predicted molar refractivity (Wildman–Crippen MR) is 100 cm³/mol. The van der Waals surface area contributed by atoms with Gasteiger partial charge in [0.15, 0.2) is 5.75 Å². The fraction of sp³-hybridized carbons (Fsp3) is 0.300. The van der Waals surface area contributed by atoms with E-state index < -0.39 is 6.09 Å². The number of methoxy groups -OCH3 is 1. The van der Waals surface area contributed by atoms with Crippen LogP contribution in [0.3, 0.4) is 0 Å². The Morgan fingerprint density at radius 3 is 2.58 bits per heavy atom. The van der Waals surface area contributed by atoms with Crippen molar-refractivity contribution < 1.29 is 19.2 Å². The highest BCUT2D eigenvalue weighted by molar-refractivity contribution is 5.98. The minimum Gasteiger partial charge on any atom is -0.451 e. The zero-order valence-corrected chi connectivity index (χ0v) is 15.5. The van der Waals surface area contributed by atoms with Gasteiger partial charge >= 0.3 is 6.09 Å². The Balaban J connectivity index is 2.05. The SMILES string of the molecule is CCc1ccccc1CO/N=C(\C)c1ccc(C)c(ONC(=O)OC)c1. The number of amides is 1. The first-order valence-electron chi connectivity index (χ1n) is 8.40. The van der Waals surface area contributed by atoms with Gasteiger partial charge in [0.1, 0.15) is 6.61 Å². The Morgan fingerprint density at radius 1 is 1.15 bits per heavy atom. The van der Waals surface area contributed by atoms with Crippen LogP contribution in [0.1, 0.15) is 36.1 Å².